The number of hydrogen-bond acceptors (Lipinski definition) is 7. The number of aromatic nitrogens is 5. The second-order valence-electron chi connectivity index (χ2n) is 10.9. The Balaban J connectivity index is 1.73. The molecule has 0 unspecified atom stereocenters. The van der Waals surface area contributed by atoms with Gasteiger partial charge in [-0.05, 0) is 92.1 Å². The third-order valence-corrected chi connectivity index (χ3v) is 6.99. The summed E-state index contributed by atoms with van der Waals surface area (Å²) in [4.78, 5) is 19.2. The monoisotopic (exact) mass is 526 g/mol. The van der Waals surface area contributed by atoms with E-state index in [1.165, 1.54) is 0 Å². The van der Waals surface area contributed by atoms with E-state index in [-0.39, 0.29) is 5.56 Å². The number of rotatable bonds is 8. The topological polar surface area (TPSA) is 102 Å². The summed E-state index contributed by atoms with van der Waals surface area (Å²) in [5, 5.41) is 13.9. The highest BCUT2D eigenvalue weighted by Gasteiger charge is 2.34. The number of tetrazole rings is 1. The molecule has 0 amide bonds. The van der Waals surface area contributed by atoms with E-state index in [4.69, 9.17) is 9.15 Å². The molecule has 5 aromatic rings. The molecule has 0 radical (unpaired) electrons. The Labute approximate surface area is 227 Å². The van der Waals surface area contributed by atoms with Gasteiger partial charge in [0.2, 0.25) is 0 Å². The van der Waals surface area contributed by atoms with Crippen LogP contribution >= 0.6 is 0 Å². The lowest BCUT2D eigenvalue weighted by Gasteiger charge is -2.32. The molecule has 3 aromatic heterocycles. The summed E-state index contributed by atoms with van der Waals surface area (Å²) >= 11 is 0. The number of nitrogens with one attached hydrogen (secondary N) is 1. The summed E-state index contributed by atoms with van der Waals surface area (Å²) in [6, 6.07) is 17.2. The number of H-pyrrole nitrogens is 1. The number of fused-ring (bicyclic) bond motifs is 1. The van der Waals surface area contributed by atoms with E-state index in [0.717, 1.165) is 39.1 Å². The lowest BCUT2D eigenvalue weighted by molar-refractivity contribution is 0.171. The van der Waals surface area contributed by atoms with E-state index in [9.17, 15) is 4.79 Å². The van der Waals surface area contributed by atoms with Crippen molar-refractivity contribution in [2.24, 2.45) is 0 Å². The molecule has 0 fully saturated rings. The van der Waals surface area contributed by atoms with Crippen molar-refractivity contribution in [2.75, 3.05) is 7.11 Å². The Morgan fingerprint density at radius 2 is 1.79 bits per heavy atom. The fourth-order valence-corrected chi connectivity index (χ4v) is 4.94. The quantitative estimate of drug-likeness (QED) is 0.293. The van der Waals surface area contributed by atoms with E-state index in [1.54, 1.807) is 18.1 Å². The smallest absolute Gasteiger partial charge is 0.253 e. The molecule has 0 bridgehead atoms. The van der Waals surface area contributed by atoms with Crippen molar-refractivity contribution < 1.29 is 9.15 Å². The minimum Gasteiger partial charge on any atom is -0.497 e. The lowest BCUT2D eigenvalue weighted by atomic mass is 9.98. The van der Waals surface area contributed by atoms with Crippen molar-refractivity contribution in [3.8, 4) is 5.75 Å². The van der Waals surface area contributed by atoms with Crippen LogP contribution in [0.4, 0.5) is 0 Å². The third-order valence-electron chi connectivity index (χ3n) is 6.99. The Bertz CT molecular complexity index is 1630. The lowest BCUT2D eigenvalue weighted by Crippen LogP contribution is -2.37. The number of benzene rings is 2. The average molecular weight is 527 g/mol. The maximum absolute atomic E-state index is 13.8. The number of hydrogen-bond donors (Lipinski definition) is 1. The fraction of sp³-hybridized carbons (Fsp3) is 0.333. The molecule has 1 atom stereocenters. The number of aromatic amines is 1. The summed E-state index contributed by atoms with van der Waals surface area (Å²) in [7, 11) is 1.65. The molecule has 0 saturated carbocycles. The second kappa shape index (κ2) is 10.5. The van der Waals surface area contributed by atoms with E-state index < -0.39 is 11.6 Å². The van der Waals surface area contributed by atoms with Crippen LogP contribution in [0.15, 0.2) is 70.1 Å². The van der Waals surface area contributed by atoms with Crippen LogP contribution in [0.25, 0.3) is 10.9 Å². The predicted molar refractivity (Wildman–Crippen MR) is 150 cm³/mol. The summed E-state index contributed by atoms with van der Waals surface area (Å²) in [5.41, 5.74) is 3.96. The van der Waals surface area contributed by atoms with Gasteiger partial charge in [0.25, 0.3) is 5.56 Å². The minimum absolute atomic E-state index is 0.177. The van der Waals surface area contributed by atoms with Gasteiger partial charge in [0.15, 0.2) is 5.82 Å². The van der Waals surface area contributed by atoms with Crippen LogP contribution < -0.4 is 10.3 Å². The van der Waals surface area contributed by atoms with Crippen molar-refractivity contribution in [3.05, 3.63) is 105 Å². The first kappa shape index (κ1) is 26.4. The highest BCUT2D eigenvalue weighted by Crippen LogP contribution is 2.33. The Morgan fingerprint density at radius 1 is 1.05 bits per heavy atom. The largest absolute Gasteiger partial charge is 0.497 e. The van der Waals surface area contributed by atoms with Crippen LogP contribution in [-0.4, -0.2) is 37.2 Å². The van der Waals surface area contributed by atoms with Gasteiger partial charge in [-0.2, -0.15) is 0 Å². The Hall–Kier alpha value is -4.24. The van der Waals surface area contributed by atoms with Crippen molar-refractivity contribution in [1.29, 1.82) is 0 Å². The fourth-order valence-electron chi connectivity index (χ4n) is 4.94. The molecule has 2 aromatic carbocycles. The summed E-state index contributed by atoms with van der Waals surface area (Å²) in [6.07, 6.45) is 1.66. The van der Waals surface area contributed by atoms with Crippen molar-refractivity contribution in [1.82, 2.24) is 30.1 Å². The standard InChI is InChI=1S/C30H34N6O3/c1-19-9-10-20(2)26-24(19)16-25(29(37)31-26)27(28-32-33-34-36(28)30(3,4)5)35(18-23-8-7-15-39-23)17-21-11-13-22(38-6)14-12-21/h7-16,27H,17-18H2,1-6H3,(H,31,37)/t27-/m1/s1. The zero-order valence-electron chi connectivity index (χ0n) is 23.2. The molecular weight excluding hydrogens is 492 g/mol. The number of methoxy groups -OCH3 is 1. The molecule has 39 heavy (non-hydrogen) atoms. The van der Waals surface area contributed by atoms with Gasteiger partial charge in [-0.25, -0.2) is 4.68 Å². The van der Waals surface area contributed by atoms with Crippen LogP contribution in [0.3, 0.4) is 0 Å². The van der Waals surface area contributed by atoms with Gasteiger partial charge in [0.05, 0.1) is 31.0 Å². The van der Waals surface area contributed by atoms with Crippen molar-refractivity contribution >= 4 is 10.9 Å². The maximum Gasteiger partial charge on any atom is 0.253 e. The number of ether oxygens (including phenoxy) is 1. The zero-order valence-corrected chi connectivity index (χ0v) is 23.2. The van der Waals surface area contributed by atoms with Crippen LogP contribution in [0.1, 0.15) is 60.7 Å². The van der Waals surface area contributed by atoms with E-state index in [0.29, 0.717) is 24.5 Å². The number of nitrogens with zero attached hydrogens (tertiary/aromatic N) is 5. The summed E-state index contributed by atoms with van der Waals surface area (Å²) < 4.78 is 12.9. The van der Waals surface area contributed by atoms with Gasteiger partial charge in [-0.3, -0.25) is 9.69 Å². The molecule has 5 rings (SSSR count). The van der Waals surface area contributed by atoms with E-state index in [2.05, 4.69) is 38.4 Å². The predicted octanol–water partition coefficient (Wildman–Crippen LogP) is 5.28. The number of pyridine rings is 1. The molecule has 202 valence electrons. The van der Waals surface area contributed by atoms with Crippen LogP contribution in [-0.2, 0) is 18.6 Å². The molecule has 0 aliphatic rings. The first-order chi connectivity index (χ1) is 18.7. The number of furan rings is 1. The Morgan fingerprint density at radius 3 is 2.46 bits per heavy atom. The van der Waals surface area contributed by atoms with Gasteiger partial charge in [-0.1, -0.05) is 24.3 Å². The molecule has 3 heterocycles. The highest BCUT2D eigenvalue weighted by molar-refractivity contribution is 5.85. The second-order valence-corrected chi connectivity index (χ2v) is 10.9. The average Bonchev–Trinajstić information content (AvgIpc) is 3.60. The summed E-state index contributed by atoms with van der Waals surface area (Å²) in [6.45, 7) is 11.1. The minimum atomic E-state index is -0.570. The molecule has 0 aliphatic carbocycles. The van der Waals surface area contributed by atoms with E-state index >= 15 is 0 Å². The van der Waals surface area contributed by atoms with Crippen LogP contribution in [0.5, 0.6) is 5.75 Å². The van der Waals surface area contributed by atoms with Crippen molar-refractivity contribution in [2.45, 2.75) is 59.3 Å². The van der Waals surface area contributed by atoms with Gasteiger partial charge in [0, 0.05) is 17.5 Å². The zero-order chi connectivity index (χ0) is 27.7. The normalized spacial score (nSPS) is 12.8. The third kappa shape index (κ3) is 5.35. The number of aryl methyl sites for hydroxylation is 2. The van der Waals surface area contributed by atoms with Gasteiger partial charge in [0.1, 0.15) is 17.6 Å². The molecule has 9 nitrogen and oxygen atoms in total. The van der Waals surface area contributed by atoms with E-state index in [1.807, 2.05) is 76.2 Å². The van der Waals surface area contributed by atoms with Crippen LogP contribution in [0.2, 0.25) is 0 Å². The molecule has 0 aliphatic heterocycles. The van der Waals surface area contributed by atoms with Gasteiger partial charge >= 0.3 is 0 Å². The van der Waals surface area contributed by atoms with Crippen molar-refractivity contribution in [3.63, 3.8) is 0 Å². The first-order valence-electron chi connectivity index (χ1n) is 13.0. The maximum atomic E-state index is 13.8. The highest BCUT2D eigenvalue weighted by atomic mass is 16.5. The Kier molecular flexibility index (Phi) is 7.10. The summed E-state index contributed by atoms with van der Waals surface area (Å²) in [5.74, 6) is 2.13. The first-order valence-corrected chi connectivity index (χ1v) is 13.0. The molecular formula is C30H34N6O3. The molecule has 1 N–H and O–H groups in total. The van der Waals surface area contributed by atoms with Gasteiger partial charge < -0.3 is 14.1 Å². The SMILES string of the molecule is COc1ccc(CN(Cc2ccco2)[C@H](c2cc3c(C)ccc(C)c3[nH]c2=O)c2nnnn2C(C)(C)C)cc1. The molecule has 0 saturated heterocycles. The molecule has 0 spiro atoms. The van der Waals surface area contributed by atoms with Crippen LogP contribution in [0, 0.1) is 13.8 Å². The van der Waals surface area contributed by atoms with Gasteiger partial charge in [-0.15, -0.1) is 5.10 Å². The molecule has 9 heteroatoms.